The van der Waals surface area contributed by atoms with Gasteiger partial charge in [0.05, 0.1) is 35.9 Å². The maximum Gasteiger partial charge on any atom is 0.407 e. The van der Waals surface area contributed by atoms with Gasteiger partial charge >= 0.3 is 6.09 Å². The van der Waals surface area contributed by atoms with Crippen molar-refractivity contribution in [3.63, 3.8) is 0 Å². The smallest absolute Gasteiger partial charge is 0.407 e. The lowest BCUT2D eigenvalue weighted by molar-refractivity contribution is -0.135. The van der Waals surface area contributed by atoms with Crippen LogP contribution in [0.3, 0.4) is 0 Å². The summed E-state index contributed by atoms with van der Waals surface area (Å²) in [6.45, 7) is 5.49. The van der Waals surface area contributed by atoms with E-state index in [0.29, 0.717) is 6.54 Å². The number of aromatic amines is 1. The van der Waals surface area contributed by atoms with Crippen LogP contribution in [-0.2, 0) is 9.53 Å². The summed E-state index contributed by atoms with van der Waals surface area (Å²) in [6.07, 6.45) is 5.16. The molecule has 6 rings (SSSR count). The first-order chi connectivity index (χ1) is 20.4. The van der Waals surface area contributed by atoms with Crippen molar-refractivity contribution in [2.75, 3.05) is 25.1 Å². The molecule has 9 heteroatoms. The molecule has 0 aliphatic carbocycles. The molecule has 2 amide bonds. The van der Waals surface area contributed by atoms with E-state index in [1.54, 1.807) is 0 Å². The standard InChI is InChI=1S/C33H38N6O3/c1-21(2)30(37-33(41)42-3)32(40)39-19-7-10-29(39)31-35-26-16-13-23(20-27(26)36-31)28-9-6-18-38(28)24-14-11-22(12-15-24)25-8-4-5-17-34-25/h4-5,8,11-17,20-21,28-30H,6-7,9-10,18-19H2,1-3H3,(H,35,36)(H,37,41)/t28-,29-,30?/m0/s1. The fraction of sp³-hybridized carbons (Fsp3) is 0.394. The predicted molar refractivity (Wildman–Crippen MR) is 163 cm³/mol. The molecule has 2 aliphatic rings. The SMILES string of the molecule is COC(=O)NC(C(=O)N1CCC[C@H]1c1nc2ccc([C@@H]3CCCN3c3ccc(-c4ccccn4)cc3)cc2[nH]1)C(C)C. The van der Waals surface area contributed by atoms with Crippen LogP contribution < -0.4 is 10.2 Å². The van der Waals surface area contributed by atoms with Gasteiger partial charge in [-0.05, 0) is 73.6 Å². The minimum atomic E-state index is -0.652. The van der Waals surface area contributed by atoms with E-state index >= 15 is 0 Å². The molecule has 2 aromatic carbocycles. The number of hydrogen-bond acceptors (Lipinski definition) is 6. The Labute approximate surface area is 246 Å². The van der Waals surface area contributed by atoms with Crippen molar-refractivity contribution in [3.8, 4) is 11.3 Å². The first-order valence-corrected chi connectivity index (χ1v) is 14.9. The summed E-state index contributed by atoms with van der Waals surface area (Å²) < 4.78 is 4.76. The van der Waals surface area contributed by atoms with E-state index in [9.17, 15) is 9.59 Å². The van der Waals surface area contributed by atoms with Gasteiger partial charge in [0.15, 0.2) is 0 Å². The van der Waals surface area contributed by atoms with Gasteiger partial charge in [-0.15, -0.1) is 0 Å². The number of anilines is 1. The number of carbonyl (C=O) groups is 2. The number of nitrogens with zero attached hydrogens (tertiary/aromatic N) is 4. The average Bonchev–Trinajstić information content (AvgIpc) is 3.79. The Morgan fingerprint density at radius 3 is 2.52 bits per heavy atom. The minimum Gasteiger partial charge on any atom is -0.453 e. The molecule has 0 saturated carbocycles. The first kappa shape index (κ1) is 27.8. The molecule has 0 bridgehead atoms. The summed E-state index contributed by atoms with van der Waals surface area (Å²) in [5.74, 6) is 0.619. The molecule has 2 fully saturated rings. The summed E-state index contributed by atoms with van der Waals surface area (Å²) in [5, 5.41) is 2.72. The number of imidazole rings is 1. The lowest BCUT2D eigenvalue weighted by Gasteiger charge is -2.29. The fourth-order valence-electron chi connectivity index (χ4n) is 6.38. The van der Waals surface area contributed by atoms with E-state index in [2.05, 4.69) is 62.6 Å². The van der Waals surface area contributed by atoms with Crippen molar-refractivity contribution in [2.45, 2.75) is 57.7 Å². The molecule has 2 aromatic heterocycles. The van der Waals surface area contributed by atoms with E-state index in [1.807, 2.05) is 43.1 Å². The lowest BCUT2D eigenvalue weighted by atomic mass is 10.0. The number of ether oxygens (including phenoxy) is 1. The van der Waals surface area contributed by atoms with Gasteiger partial charge in [0.25, 0.3) is 0 Å². The van der Waals surface area contributed by atoms with Gasteiger partial charge in [-0.2, -0.15) is 0 Å². The number of methoxy groups -OCH3 is 1. The van der Waals surface area contributed by atoms with E-state index < -0.39 is 12.1 Å². The highest BCUT2D eigenvalue weighted by Gasteiger charge is 2.37. The molecule has 0 spiro atoms. The third-order valence-electron chi connectivity index (χ3n) is 8.56. The number of hydrogen-bond donors (Lipinski definition) is 2. The van der Waals surface area contributed by atoms with Crippen LogP contribution in [0.5, 0.6) is 0 Å². The Morgan fingerprint density at radius 1 is 1.00 bits per heavy atom. The predicted octanol–water partition coefficient (Wildman–Crippen LogP) is 6.01. The van der Waals surface area contributed by atoms with Crippen LogP contribution in [0.25, 0.3) is 22.3 Å². The molecule has 42 heavy (non-hydrogen) atoms. The zero-order chi connectivity index (χ0) is 29.2. The second-order valence-electron chi connectivity index (χ2n) is 11.6. The summed E-state index contributed by atoms with van der Waals surface area (Å²) in [7, 11) is 1.31. The van der Waals surface area contributed by atoms with E-state index in [4.69, 9.17) is 9.72 Å². The average molecular weight is 567 g/mol. The lowest BCUT2D eigenvalue weighted by Crippen LogP contribution is -2.51. The Kier molecular flexibility index (Phi) is 7.82. The van der Waals surface area contributed by atoms with Crippen LogP contribution in [0.4, 0.5) is 10.5 Å². The zero-order valence-corrected chi connectivity index (χ0v) is 24.4. The van der Waals surface area contributed by atoms with Crippen molar-refractivity contribution in [1.29, 1.82) is 0 Å². The Hall–Kier alpha value is -4.40. The van der Waals surface area contributed by atoms with Crippen LogP contribution in [-0.4, -0.2) is 58.1 Å². The molecule has 2 N–H and O–H groups in total. The highest BCUT2D eigenvalue weighted by molar-refractivity contribution is 5.86. The van der Waals surface area contributed by atoms with Crippen molar-refractivity contribution in [3.05, 3.63) is 78.2 Å². The van der Waals surface area contributed by atoms with Gasteiger partial charge in [-0.1, -0.05) is 38.1 Å². The number of carbonyl (C=O) groups excluding carboxylic acids is 2. The molecule has 9 nitrogen and oxygen atoms in total. The minimum absolute atomic E-state index is 0.0725. The molecule has 2 aliphatic heterocycles. The quantitative estimate of drug-likeness (QED) is 0.284. The highest BCUT2D eigenvalue weighted by Crippen LogP contribution is 2.38. The van der Waals surface area contributed by atoms with Crippen molar-refractivity contribution in [2.24, 2.45) is 5.92 Å². The molecule has 218 valence electrons. The van der Waals surface area contributed by atoms with E-state index in [1.165, 1.54) is 18.4 Å². The van der Waals surface area contributed by atoms with Crippen LogP contribution in [0.1, 0.15) is 63.0 Å². The van der Waals surface area contributed by atoms with Gasteiger partial charge < -0.3 is 24.8 Å². The molecule has 2 saturated heterocycles. The number of amides is 2. The number of rotatable bonds is 7. The number of alkyl carbamates (subject to hydrolysis) is 1. The first-order valence-electron chi connectivity index (χ1n) is 14.9. The number of likely N-dealkylation sites (tertiary alicyclic amines) is 1. The molecular weight excluding hydrogens is 528 g/mol. The highest BCUT2D eigenvalue weighted by atomic mass is 16.5. The van der Waals surface area contributed by atoms with Crippen LogP contribution in [0, 0.1) is 5.92 Å². The maximum absolute atomic E-state index is 13.5. The Bertz CT molecular complexity index is 1550. The fourth-order valence-corrected chi connectivity index (χ4v) is 6.38. The van der Waals surface area contributed by atoms with Crippen molar-refractivity contribution in [1.82, 2.24) is 25.2 Å². The Morgan fingerprint density at radius 2 is 1.79 bits per heavy atom. The zero-order valence-electron chi connectivity index (χ0n) is 24.4. The number of fused-ring (bicyclic) bond motifs is 1. The number of H-pyrrole nitrogens is 1. The van der Waals surface area contributed by atoms with Gasteiger partial charge in [0, 0.05) is 30.5 Å². The van der Waals surface area contributed by atoms with Gasteiger partial charge in [-0.25, -0.2) is 9.78 Å². The molecule has 1 unspecified atom stereocenters. The van der Waals surface area contributed by atoms with Gasteiger partial charge in [0.1, 0.15) is 11.9 Å². The molecule has 4 aromatic rings. The summed E-state index contributed by atoms with van der Waals surface area (Å²) in [6, 6.07) is 20.6. The Balaban J connectivity index is 1.22. The second kappa shape index (κ2) is 11.8. The molecule has 0 radical (unpaired) electrons. The van der Waals surface area contributed by atoms with Crippen molar-refractivity contribution < 1.29 is 14.3 Å². The normalized spacial score (nSPS) is 19.4. The number of aromatic nitrogens is 3. The van der Waals surface area contributed by atoms with Gasteiger partial charge in [-0.3, -0.25) is 9.78 Å². The summed E-state index contributed by atoms with van der Waals surface area (Å²) in [5.41, 5.74) is 6.43. The summed E-state index contributed by atoms with van der Waals surface area (Å²) >= 11 is 0. The van der Waals surface area contributed by atoms with Crippen molar-refractivity contribution >= 4 is 28.7 Å². The van der Waals surface area contributed by atoms with Crippen LogP contribution in [0.15, 0.2) is 66.9 Å². The summed E-state index contributed by atoms with van der Waals surface area (Å²) in [4.78, 5) is 42.7. The monoisotopic (exact) mass is 566 g/mol. The van der Waals surface area contributed by atoms with Crippen LogP contribution >= 0.6 is 0 Å². The van der Waals surface area contributed by atoms with E-state index in [0.717, 1.165) is 60.3 Å². The molecular formula is C33H38N6O3. The number of nitrogens with one attached hydrogen (secondary N) is 2. The molecule has 3 atom stereocenters. The number of benzene rings is 2. The maximum atomic E-state index is 13.5. The topological polar surface area (TPSA) is 103 Å². The third kappa shape index (κ3) is 5.43. The number of pyridine rings is 1. The van der Waals surface area contributed by atoms with Gasteiger partial charge in [0.2, 0.25) is 5.91 Å². The largest absolute Gasteiger partial charge is 0.453 e. The molecule has 4 heterocycles. The third-order valence-corrected chi connectivity index (χ3v) is 8.56. The van der Waals surface area contributed by atoms with Crippen LogP contribution in [0.2, 0.25) is 0 Å². The second-order valence-corrected chi connectivity index (χ2v) is 11.6. The van der Waals surface area contributed by atoms with E-state index in [-0.39, 0.29) is 23.9 Å².